The second-order valence-electron chi connectivity index (χ2n) is 4.28. The fourth-order valence-electron chi connectivity index (χ4n) is 1.84. The number of nitrogens with zero attached hydrogens (tertiary/aromatic N) is 1. The molecule has 0 saturated carbocycles. The van der Waals surface area contributed by atoms with E-state index in [9.17, 15) is 4.79 Å². The van der Waals surface area contributed by atoms with Crippen LogP contribution in [-0.4, -0.2) is 10.9 Å². The number of thiophene rings is 1. The molecule has 2 aromatic heterocycles. The van der Waals surface area contributed by atoms with Gasteiger partial charge >= 0.3 is 0 Å². The van der Waals surface area contributed by atoms with Crippen LogP contribution in [0.3, 0.4) is 0 Å². The van der Waals surface area contributed by atoms with E-state index in [1.54, 1.807) is 17.5 Å². The van der Waals surface area contributed by atoms with Crippen molar-refractivity contribution in [1.82, 2.24) is 10.3 Å². The van der Waals surface area contributed by atoms with Crippen LogP contribution in [0.4, 0.5) is 0 Å². The number of aromatic nitrogens is 1. The van der Waals surface area contributed by atoms with Crippen LogP contribution in [-0.2, 0) is 0 Å². The first-order valence-electron chi connectivity index (χ1n) is 5.86. The number of aryl methyl sites for hydroxylation is 2. The summed E-state index contributed by atoms with van der Waals surface area (Å²) in [5.74, 6) is -0.0324. The maximum Gasteiger partial charge on any atom is 0.252 e. The maximum absolute atomic E-state index is 12.1. The van der Waals surface area contributed by atoms with Crippen molar-refractivity contribution >= 4 is 17.2 Å². The number of hydrogen-bond donors (Lipinski definition) is 1. The first-order valence-corrected chi connectivity index (χ1v) is 6.68. The summed E-state index contributed by atoms with van der Waals surface area (Å²) in [6.07, 6.45) is 1.73. The van der Waals surface area contributed by atoms with Gasteiger partial charge in [-0.1, -0.05) is 6.07 Å². The van der Waals surface area contributed by atoms with Gasteiger partial charge in [-0.25, -0.2) is 0 Å². The van der Waals surface area contributed by atoms with Crippen LogP contribution < -0.4 is 5.32 Å². The molecule has 2 rings (SSSR count). The lowest BCUT2D eigenvalue weighted by molar-refractivity contribution is 0.0939. The minimum absolute atomic E-state index is 0.0324. The van der Waals surface area contributed by atoms with Crippen molar-refractivity contribution in [2.45, 2.75) is 26.8 Å². The predicted molar refractivity (Wildman–Crippen MR) is 73.9 cm³/mol. The number of carbonyl (C=O) groups is 1. The van der Waals surface area contributed by atoms with Crippen LogP contribution in [0.25, 0.3) is 0 Å². The summed E-state index contributed by atoms with van der Waals surface area (Å²) in [7, 11) is 0. The molecule has 3 nitrogen and oxygen atoms in total. The normalized spacial score (nSPS) is 12.2. The second kappa shape index (κ2) is 5.31. The summed E-state index contributed by atoms with van der Waals surface area (Å²) in [5.41, 5.74) is 1.63. The van der Waals surface area contributed by atoms with Gasteiger partial charge in [0.05, 0.1) is 17.3 Å². The molecule has 0 bridgehead atoms. The van der Waals surface area contributed by atoms with E-state index < -0.39 is 0 Å². The lowest BCUT2D eigenvalue weighted by Crippen LogP contribution is -2.27. The minimum atomic E-state index is -0.0849. The van der Waals surface area contributed by atoms with Crippen LogP contribution in [0.1, 0.15) is 38.8 Å². The topological polar surface area (TPSA) is 42.0 Å². The Kier molecular flexibility index (Phi) is 3.77. The largest absolute Gasteiger partial charge is 0.344 e. The third-order valence-electron chi connectivity index (χ3n) is 2.76. The number of pyridine rings is 1. The molecule has 0 saturated heterocycles. The number of hydrogen-bond acceptors (Lipinski definition) is 3. The smallest absolute Gasteiger partial charge is 0.252 e. The summed E-state index contributed by atoms with van der Waals surface area (Å²) < 4.78 is 0. The van der Waals surface area contributed by atoms with Crippen LogP contribution in [0.2, 0.25) is 0 Å². The Bertz CT molecular complexity index is 548. The zero-order chi connectivity index (χ0) is 13.1. The Morgan fingerprint density at radius 3 is 2.72 bits per heavy atom. The molecule has 0 spiro atoms. The molecule has 18 heavy (non-hydrogen) atoms. The van der Waals surface area contributed by atoms with Gasteiger partial charge in [-0.3, -0.25) is 9.78 Å². The lowest BCUT2D eigenvalue weighted by atomic mass is 10.2. The highest BCUT2D eigenvalue weighted by Gasteiger charge is 2.15. The average Bonchev–Trinajstić information content (AvgIpc) is 2.69. The minimum Gasteiger partial charge on any atom is -0.344 e. The van der Waals surface area contributed by atoms with Crippen molar-refractivity contribution in [3.8, 4) is 0 Å². The summed E-state index contributed by atoms with van der Waals surface area (Å²) >= 11 is 1.64. The van der Waals surface area contributed by atoms with Gasteiger partial charge in [-0.05, 0) is 39.0 Å². The molecule has 2 aromatic rings. The van der Waals surface area contributed by atoms with E-state index in [1.165, 1.54) is 0 Å². The molecule has 4 heteroatoms. The van der Waals surface area contributed by atoms with Crippen molar-refractivity contribution in [1.29, 1.82) is 0 Å². The van der Waals surface area contributed by atoms with Gasteiger partial charge in [0.25, 0.3) is 5.91 Å². The highest BCUT2D eigenvalue weighted by molar-refractivity contribution is 7.12. The van der Waals surface area contributed by atoms with Gasteiger partial charge in [0.15, 0.2) is 0 Å². The van der Waals surface area contributed by atoms with Gasteiger partial charge in [0, 0.05) is 16.0 Å². The van der Waals surface area contributed by atoms with Gasteiger partial charge in [-0.2, -0.15) is 0 Å². The third kappa shape index (κ3) is 2.76. The molecule has 0 fully saturated rings. The van der Waals surface area contributed by atoms with Crippen molar-refractivity contribution in [2.24, 2.45) is 0 Å². The van der Waals surface area contributed by atoms with Crippen LogP contribution in [0.5, 0.6) is 0 Å². The van der Waals surface area contributed by atoms with Crippen LogP contribution in [0.15, 0.2) is 30.5 Å². The van der Waals surface area contributed by atoms with Crippen molar-refractivity contribution < 1.29 is 4.79 Å². The molecule has 1 unspecified atom stereocenters. The van der Waals surface area contributed by atoms with Crippen LogP contribution >= 0.6 is 11.3 Å². The maximum atomic E-state index is 12.1. The number of rotatable bonds is 3. The molecule has 1 amide bonds. The number of amides is 1. The average molecular weight is 260 g/mol. The summed E-state index contributed by atoms with van der Waals surface area (Å²) in [6.45, 7) is 5.92. The molecule has 0 aliphatic heterocycles. The van der Waals surface area contributed by atoms with Gasteiger partial charge in [-0.15, -0.1) is 11.3 Å². The fourth-order valence-corrected chi connectivity index (χ4v) is 2.76. The van der Waals surface area contributed by atoms with Crippen molar-refractivity contribution in [3.05, 3.63) is 51.5 Å². The lowest BCUT2D eigenvalue weighted by Gasteiger charge is -2.12. The Labute approximate surface area is 111 Å². The first kappa shape index (κ1) is 12.8. The molecule has 0 aliphatic rings. The Hall–Kier alpha value is -1.68. The highest BCUT2D eigenvalue weighted by Crippen LogP contribution is 2.21. The molecule has 0 radical (unpaired) electrons. The van der Waals surface area contributed by atoms with Gasteiger partial charge in [0.1, 0.15) is 0 Å². The Balaban J connectivity index is 2.10. The van der Waals surface area contributed by atoms with E-state index in [0.29, 0.717) is 0 Å². The molecular formula is C14H16N2OS. The Morgan fingerprint density at radius 2 is 2.17 bits per heavy atom. The van der Waals surface area contributed by atoms with Crippen molar-refractivity contribution in [2.75, 3.05) is 0 Å². The molecule has 1 atom stereocenters. The van der Waals surface area contributed by atoms with E-state index in [1.807, 2.05) is 45.0 Å². The summed E-state index contributed by atoms with van der Waals surface area (Å²) in [4.78, 5) is 18.6. The monoisotopic (exact) mass is 260 g/mol. The quantitative estimate of drug-likeness (QED) is 0.920. The van der Waals surface area contributed by atoms with E-state index in [2.05, 4.69) is 10.3 Å². The molecule has 94 valence electrons. The van der Waals surface area contributed by atoms with E-state index >= 15 is 0 Å². The van der Waals surface area contributed by atoms with E-state index in [0.717, 1.165) is 21.0 Å². The van der Waals surface area contributed by atoms with Gasteiger partial charge < -0.3 is 5.32 Å². The van der Waals surface area contributed by atoms with Crippen molar-refractivity contribution in [3.63, 3.8) is 0 Å². The Morgan fingerprint density at radius 1 is 1.39 bits per heavy atom. The van der Waals surface area contributed by atoms with Crippen LogP contribution in [0, 0.1) is 13.8 Å². The predicted octanol–water partition coefficient (Wildman–Crippen LogP) is 3.25. The number of nitrogens with one attached hydrogen (secondary N) is 1. The number of carbonyl (C=O) groups excluding carboxylic acids is 1. The zero-order valence-electron chi connectivity index (χ0n) is 10.7. The molecule has 2 heterocycles. The SMILES string of the molecule is Cc1cc(C(=O)NC(C)c2ccccn2)c(C)s1. The van der Waals surface area contributed by atoms with E-state index in [4.69, 9.17) is 0 Å². The highest BCUT2D eigenvalue weighted by atomic mass is 32.1. The second-order valence-corrected chi connectivity index (χ2v) is 5.74. The fraction of sp³-hybridized carbons (Fsp3) is 0.286. The third-order valence-corrected chi connectivity index (χ3v) is 3.73. The summed E-state index contributed by atoms with van der Waals surface area (Å²) in [5, 5.41) is 2.97. The zero-order valence-corrected chi connectivity index (χ0v) is 11.5. The van der Waals surface area contributed by atoms with Gasteiger partial charge in [0.2, 0.25) is 0 Å². The first-order chi connectivity index (χ1) is 8.58. The molecule has 1 N–H and O–H groups in total. The summed E-state index contributed by atoms with van der Waals surface area (Å²) in [6, 6.07) is 7.55. The molecular weight excluding hydrogens is 244 g/mol. The molecule has 0 aromatic carbocycles. The standard InChI is InChI=1S/C14H16N2OS/c1-9-8-12(11(3)18-9)14(17)16-10(2)13-6-4-5-7-15-13/h4-8,10H,1-3H3,(H,16,17). The van der Waals surface area contributed by atoms with E-state index in [-0.39, 0.29) is 11.9 Å². The molecule has 0 aliphatic carbocycles.